The molecule has 0 fully saturated rings. The SMILES string of the molecule is CCOc1ccc(C(=O)NCC(=O)NCC(c2ccsc2)N(CC)CC)cc1. The molecule has 2 amide bonds. The quantitative estimate of drug-likeness (QED) is 0.605. The van der Waals surface area contributed by atoms with Gasteiger partial charge in [-0.05, 0) is 66.7 Å². The number of nitrogens with one attached hydrogen (secondary N) is 2. The van der Waals surface area contributed by atoms with Gasteiger partial charge in [0.25, 0.3) is 5.91 Å². The van der Waals surface area contributed by atoms with Gasteiger partial charge in [-0.1, -0.05) is 13.8 Å². The summed E-state index contributed by atoms with van der Waals surface area (Å²) in [6.07, 6.45) is 0. The average molecular weight is 404 g/mol. The number of rotatable bonds is 11. The van der Waals surface area contributed by atoms with E-state index in [2.05, 4.69) is 40.8 Å². The molecule has 1 atom stereocenters. The van der Waals surface area contributed by atoms with E-state index in [9.17, 15) is 9.59 Å². The second-order valence-corrected chi connectivity index (χ2v) is 7.02. The number of amides is 2. The topological polar surface area (TPSA) is 70.7 Å². The van der Waals surface area contributed by atoms with Gasteiger partial charge in [0.15, 0.2) is 0 Å². The summed E-state index contributed by atoms with van der Waals surface area (Å²) in [5, 5.41) is 9.76. The number of likely N-dealkylation sites (N-methyl/N-ethyl adjacent to an activating group) is 1. The highest BCUT2D eigenvalue weighted by Crippen LogP contribution is 2.22. The van der Waals surface area contributed by atoms with Gasteiger partial charge in [0.2, 0.25) is 5.91 Å². The fourth-order valence-corrected chi connectivity index (χ4v) is 3.70. The standard InChI is InChI=1S/C21H29N3O3S/c1-4-24(5-2)19(17-11-12-28-15-17)13-22-20(25)14-23-21(26)16-7-9-18(10-8-16)27-6-3/h7-12,15,19H,4-6,13-14H2,1-3H3,(H,22,25)(H,23,26). The molecule has 0 aliphatic carbocycles. The number of benzene rings is 1. The lowest BCUT2D eigenvalue weighted by molar-refractivity contribution is -0.120. The first-order valence-corrected chi connectivity index (χ1v) is 10.6. The van der Waals surface area contributed by atoms with Crippen LogP contribution in [0, 0.1) is 0 Å². The van der Waals surface area contributed by atoms with Gasteiger partial charge in [-0.15, -0.1) is 0 Å². The lowest BCUT2D eigenvalue weighted by Crippen LogP contribution is -2.42. The minimum Gasteiger partial charge on any atom is -0.494 e. The minimum atomic E-state index is -0.281. The van der Waals surface area contributed by atoms with Gasteiger partial charge < -0.3 is 15.4 Å². The molecule has 1 aromatic heterocycles. The molecular formula is C21H29N3O3S. The van der Waals surface area contributed by atoms with Gasteiger partial charge in [0.1, 0.15) is 5.75 Å². The minimum absolute atomic E-state index is 0.0549. The van der Waals surface area contributed by atoms with Crippen LogP contribution in [0.15, 0.2) is 41.1 Å². The van der Waals surface area contributed by atoms with Crippen molar-refractivity contribution in [1.82, 2.24) is 15.5 Å². The van der Waals surface area contributed by atoms with E-state index >= 15 is 0 Å². The van der Waals surface area contributed by atoms with Crippen LogP contribution in [0.25, 0.3) is 0 Å². The van der Waals surface area contributed by atoms with Gasteiger partial charge in [0, 0.05) is 12.1 Å². The Morgan fingerprint density at radius 2 is 1.79 bits per heavy atom. The van der Waals surface area contributed by atoms with Crippen molar-refractivity contribution in [3.63, 3.8) is 0 Å². The normalized spacial score (nSPS) is 11.9. The number of ether oxygens (including phenoxy) is 1. The zero-order valence-corrected chi connectivity index (χ0v) is 17.6. The van der Waals surface area contributed by atoms with Crippen molar-refractivity contribution in [3.8, 4) is 5.75 Å². The average Bonchev–Trinajstić information content (AvgIpc) is 3.24. The highest BCUT2D eigenvalue weighted by Gasteiger charge is 2.19. The molecule has 1 aromatic carbocycles. The molecule has 2 rings (SSSR count). The first-order chi connectivity index (χ1) is 13.6. The summed E-state index contributed by atoms with van der Waals surface area (Å²) in [4.78, 5) is 26.7. The maximum atomic E-state index is 12.2. The van der Waals surface area contributed by atoms with Crippen LogP contribution < -0.4 is 15.4 Å². The summed E-state index contributed by atoms with van der Waals surface area (Å²) in [6.45, 7) is 8.97. The molecule has 28 heavy (non-hydrogen) atoms. The largest absolute Gasteiger partial charge is 0.494 e. The number of hydrogen-bond donors (Lipinski definition) is 2. The molecule has 7 heteroatoms. The lowest BCUT2D eigenvalue weighted by Gasteiger charge is -2.29. The van der Waals surface area contributed by atoms with E-state index in [1.54, 1.807) is 35.6 Å². The highest BCUT2D eigenvalue weighted by molar-refractivity contribution is 7.07. The van der Waals surface area contributed by atoms with Crippen LogP contribution in [0.1, 0.15) is 42.7 Å². The molecule has 0 aliphatic rings. The molecule has 0 spiro atoms. The molecule has 1 heterocycles. The van der Waals surface area contributed by atoms with E-state index in [0.717, 1.165) is 13.1 Å². The van der Waals surface area contributed by atoms with E-state index in [4.69, 9.17) is 4.74 Å². The molecule has 0 radical (unpaired) electrons. The second-order valence-electron chi connectivity index (χ2n) is 6.24. The summed E-state index contributed by atoms with van der Waals surface area (Å²) >= 11 is 1.65. The van der Waals surface area contributed by atoms with Crippen molar-refractivity contribution in [2.24, 2.45) is 0 Å². The molecule has 6 nitrogen and oxygen atoms in total. The van der Waals surface area contributed by atoms with Crippen molar-refractivity contribution in [1.29, 1.82) is 0 Å². The van der Waals surface area contributed by atoms with Crippen molar-refractivity contribution >= 4 is 23.2 Å². The number of thiophene rings is 1. The third-order valence-corrected chi connectivity index (χ3v) is 5.21. The fourth-order valence-electron chi connectivity index (χ4n) is 2.99. The molecule has 0 saturated carbocycles. The molecule has 0 aliphatic heterocycles. The Morgan fingerprint density at radius 3 is 2.36 bits per heavy atom. The molecule has 0 bridgehead atoms. The summed E-state index contributed by atoms with van der Waals surface area (Å²) in [5.74, 6) is 0.232. The Balaban J connectivity index is 1.84. The third-order valence-electron chi connectivity index (χ3n) is 4.51. The summed E-state index contributed by atoms with van der Waals surface area (Å²) in [5.41, 5.74) is 1.70. The highest BCUT2D eigenvalue weighted by atomic mass is 32.1. The zero-order valence-electron chi connectivity index (χ0n) is 16.7. The Labute approximate surface area is 170 Å². The van der Waals surface area contributed by atoms with Gasteiger partial charge in [-0.3, -0.25) is 14.5 Å². The van der Waals surface area contributed by atoms with E-state index in [0.29, 0.717) is 24.5 Å². The number of nitrogens with zero attached hydrogens (tertiary/aromatic N) is 1. The van der Waals surface area contributed by atoms with E-state index in [-0.39, 0.29) is 24.4 Å². The Hall–Kier alpha value is -2.38. The van der Waals surface area contributed by atoms with Crippen LogP contribution in [-0.4, -0.2) is 49.5 Å². The predicted molar refractivity (Wildman–Crippen MR) is 113 cm³/mol. The smallest absolute Gasteiger partial charge is 0.251 e. The monoisotopic (exact) mass is 403 g/mol. The molecule has 2 N–H and O–H groups in total. The summed E-state index contributed by atoms with van der Waals surface area (Å²) < 4.78 is 5.36. The van der Waals surface area contributed by atoms with Gasteiger partial charge in [0.05, 0.1) is 19.2 Å². The third kappa shape index (κ3) is 6.35. The van der Waals surface area contributed by atoms with E-state index in [1.807, 2.05) is 12.3 Å². The van der Waals surface area contributed by atoms with Crippen LogP contribution in [0.4, 0.5) is 0 Å². The van der Waals surface area contributed by atoms with Gasteiger partial charge >= 0.3 is 0 Å². The fraction of sp³-hybridized carbons (Fsp3) is 0.429. The predicted octanol–water partition coefficient (Wildman–Crippen LogP) is 3.08. The van der Waals surface area contributed by atoms with Crippen molar-refractivity contribution in [3.05, 3.63) is 52.2 Å². The number of hydrogen-bond acceptors (Lipinski definition) is 5. The molecule has 1 unspecified atom stereocenters. The molecule has 152 valence electrons. The number of carbonyl (C=O) groups excluding carboxylic acids is 2. The lowest BCUT2D eigenvalue weighted by atomic mass is 10.1. The van der Waals surface area contributed by atoms with Crippen molar-refractivity contribution in [2.75, 3.05) is 32.8 Å². The van der Waals surface area contributed by atoms with Gasteiger partial charge in [-0.2, -0.15) is 11.3 Å². The Kier molecular flexibility index (Phi) is 8.97. The Bertz CT molecular complexity index is 728. The Morgan fingerprint density at radius 1 is 1.07 bits per heavy atom. The van der Waals surface area contributed by atoms with Crippen LogP contribution in [0.2, 0.25) is 0 Å². The maximum Gasteiger partial charge on any atom is 0.251 e. The number of carbonyl (C=O) groups is 2. The summed E-state index contributed by atoms with van der Waals surface area (Å²) in [7, 11) is 0. The van der Waals surface area contributed by atoms with Gasteiger partial charge in [-0.25, -0.2) is 0 Å². The zero-order chi connectivity index (χ0) is 20.4. The van der Waals surface area contributed by atoms with Crippen molar-refractivity contribution < 1.29 is 14.3 Å². The molecule has 2 aromatic rings. The van der Waals surface area contributed by atoms with Crippen molar-refractivity contribution in [2.45, 2.75) is 26.8 Å². The van der Waals surface area contributed by atoms with Crippen LogP contribution in [0.5, 0.6) is 5.75 Å². The molecular weight excluding hydrogens is 374 g/mol. The molecule has 0 saturated heterocycles. The maximum absolute atomic E-state index is 12.2. The summed E-state index contributed by atoms with van der Waals surface area (Å²) in [6, 6.07) is 9.08. The van der Waals surface area contributed by atoms with Crippen LogP contribution >= 0.6 is 11.3 Å². The first kappa shape index (κ1) is 21.9. The van der Waals surface area contributed by atoms with E-state index < -0.39 is 0 Å². The first-order valence-electron chi connectivity index (χ1n) is 9.62. The second kappa shape index (κ2) is 11.5. The van der Waals surface area contributed by atoms with E-state index in [1.165, 1.54) is 5.56 Å². The van der Waals surface area contributed by atoms with Crippen LogP contribution in [0.3, 0.4) is 0 Å². The van der Waals surface area contributed by atoms with Crippen LogP contribution in [-0.2, 0) is 4.79 Å².